The molecule has 4 N–H and O–H groups in total. The maximum absolute atomic E-state index is 12.2. The first kappa shape index (κ1) is 20.2. The highest BCUT2D eigenvalue weighted by molar-refractivity contribution is 5.99. The number of nitrogens with one attached hydrogen (secondary N) is 2. The molecule has 2 fully saturated rings. The molecule has 12 heteroatoms. The van der Waals surface area contributed by atoms with Gasteiger partial charge in [-0.05, 0) is 18.9 Å². The second-order valence-corrected chi connectivity index (χ2v) is 8.60. The van der Waals surface area contributed by atoms with Crippen LogP contribution in [0.1, 0.15) is 33.5 Å². The molecule has 0 spiro atoms. The summed E-state index contributed by atoms with van der Waals surface area (Å²) in [6, 6.07) is 6.42. The second-order valence-electron chi connectivity index (χ2n) is 8.60. The van der Waals surface area contributed by atoms with Gasteiger partial charge in [0.1, 0.15) is 17.9 Å². The summed E-state index contributed by atoms with van der Waals surface area (Å²) in [6.45, 7) is 0.400. The average Bonchev–Trinajstić information content (AvgIpc) is 3.46. The summed E-state index contributed by atoms with van der Waals surface area (Å²) in [7, 11) is -1.05. The maximum Gasteiger partial charge on any atom is 0.271 e. The number of amides is 2. The highest BCUT2D eigenvalue weighted by Crippen LogP contribution is 2.39. The molecule has 1 aromatic carbocycles. The van der Waals surface area contributed by atoms with Crippen molar-refractivity contribution in [1.82, 2.24) is 20.0 Å². The lowest BCUT2D eigenvalue weighted by molar-refractivity contribution is -0.117. The van der Waals surface area contributed by atoms with E-state index in [-0.39, 0.29) is 42.2 Å². The Kier molecular flexibility index (Phi) is 5.56. The third-order valence-electron chi connectivity index (χ3n) is 6.12. The molecule has 188 valence electrons. The molecule has 36 heavy (non-hydrogen) atoms. The van der Waals surface area contributed by atoms with Gasteiger partial charge in [-0.15, -0.1) is 10.2 Å². The minimum Gasteiger partial charge on any atom is -0.494 e. The third-order valence-corrected chi connectivity index (χ3v) is 6.12. The second kappa shape index (κ2) is 9.91. The number of methoxy groups -OCH3 is 2. The number of para-hydroxylation sites is 1. The Balaban J connectivity index is 1.43. The summed E-state index contributed by atoms with van der Waals surface area (Å²) in [5, 5.41) is 18.1. The molecule has 1 aliphatic heterocycles. The van der Waals surface area contributed by atoms with E-state index in [0.29, 0.717) is 22.6 Å². The number of hydrogen-bond donors (Lipinski definition) is 3. The predicted octanol–water partition coefficient (Wildman–Crippen LogP) is 2.13. The van der Waals surface area contributed by atoms with Crippen molar-refractivity contribution in [2.45, 2.75) is 25.0 Å². The SMILES string of the molecule is [2H]C([2H])([2H])OC1COCC1n1cc(-c2cccc(Nc3cc(NC(=O)C4CC4)nnc3C(N)=O)c2OC)cn1. The topological polar surface area (TPSA) is 156 Å². The molecule has 1 aliphatic carbocycles. The van der Waals surface area contributed by atoms with Crippen LogP contribution in [0.3, 0.4) is 0 Å². The summed E-state index contributed by atoms with van der Waals surface area (Å²) in [4.78, 5) is 24.2. The van der Waals surface area contributed by atoms with Gasteiger partial charge in [-0.25, -0.2) is 0 Å². The predicted molar refractivity (Wildman–Crippen MR) is 130 cm³/mol. The number of ether oxygens (including phenoxy) is 3. The van der Waals surface area contributed by atoms with Gasteiger partial charge in [0.25, 0.3) is 5.91 Å². The molecule has 1 saturated carbocycles. The van der Waals surface area contributed by atoms with Gasteiger partial charge in [0, 0.05) is 36.3 Å². The van der Waals surface area contributed by atoms with E-state index in [2.05, 4.69) is 25.9 Å². The number of primary amides is 1. The lowest BCUT2D eigenvalue weighted by Gasteiger charge is -2.17. The molecule has 3 heterocycles. The Morgan fingerprint density at radius 2 is 2.11 bits per heavy atom. The lowest BCUT2D eigenvalue weighted by atomic mass is 10.1. The molecule has 2 aliphatic rings. The van der Waals surface area contributed by atoms with Crippen molar-refractivity contribution in [1.29, 1.82) is 0 Å². The normalized spacial score (nSPS) is 20.8. The fourth-order valence-corrected chi connectivity index (χ4v) is 4.07. The Morgan fingerprint density at radius 3 is 2.86 bits per heavy atom. The van der Waals surface area contributed by atoms with Gasteiger partial charge in [-0.3, -0.25) is 14.3 Å². The van der Waals surface area contributed by atoms with Gasteiger partial charge < -0.3 is 30.6 Å². The monoisotopic (exact) mass is 496 g/mol. The minimum atomic E-state index is -2.55. The van der Waals surface area contributed by atoms with Crippen LogP contribution in [-0.2, 0) is 14.3 Å². The van der Waals surface area contributed by atoms with Gasteiger partial charge in [-0.2, -0.15) is 5.10 Å². The Hall–Kier alpha value is -4.03. The van der Waals surface area contributed by atoms with Crippen LogP contribution in [0.25, 0.3) is 11.1 Å². The van der Waals surface area contributed by atoms with Crippen LogP contribution in [0.5, 0.6) is 5.75 Å². The van der Waals surface area contributed by atoms with Crippen molar-refractivity contribution in [2.24, 2.45) is 11.7 Å². The molecular weight excluding hydrogens is 466 g/mol. The van der Waals surface area contributed by atoms with E-state index in [0.717, 1.165) is 12.8 Å². The molecule has 0 radical (unpaired) electrons. The Bertz CT molecular complexity index is 1390. The third kappa shape index (κ3) is 4.72. The highest BCUT2D eigenvalue weighted by Gasteiger charge is 2.31. The summed E-state index contributed by atoms with van der Waals surface area (Å²) in [5.74, 6) is -0.371. The zero-order valence-corrected chi connectivity index (χ0v) is 19.4. The van der Waals surface area contributed by atoms with E-state index >= 15 is 0 Å². The molecule has 5 rings (SSSR count). The van der Waals surface area contributed by atoms with Gasteiger partial charge in [0.2, 0.25) is 5.91 Å². The smallest absolute Gasteiger partial charge is 0.271 e. The summed E-state index contributed by atoms with van der Waals surface area (Å²) in [6.07, 6.45) is 4.35. The lowest BCUT2D eigenvalue weighted by Crippen LogP contribution is -2.24. The maximum atomic E-state index is 12.2. The molecule has 2 unspecified atom stereocenters. The number of nitrogens with two attached hydrogens (primary N) is 1. The van der Waals surface area contributed by atoms with Gasteiger partial charge in [-0.1, -0.05) is 12.1 Å². The van der Waals surface area contributed by atoms with E-state index in [1.54, 1.807) is 29.2 Å². The molecule has 2 atom stereocenters. The average molecular weight is 497 g/mol. The first-order valence-corrected chi connectivity index (χ1v) is 11.4. The van der Waals surface area contributed by atoms with Crippen LogP contribution >= 0.6 is 0 Å². The summed E-state index contributed by atoms with van der Waals surface area (Å²) >= 11 is 0. The van der Waals surface area contributed by atoms with Crippen molar-refractivity contribution in [3.63, 3.8) is 0 Å². The number of nitrogens with zero attached hydrogens (tertiary/aromatic N) is 4. The fraction of sp³-hybridized carbons (Fsp3) is 0.375. The number of benzene rings is 1. The van der Waals surface area contributed by atoms with E-state index in [1.165, 1.54) is 13.2 Å². The van der Waals surface area contributed by atoms with Crippen molar-refractivity contribution in [3.05, 3.63) is 42.4 Å². The molecule has 2 amide bonds. The van der Waals surface area contributed by atoms with Crippen molar-refractivity contribution < 1.29 is 27.9 Å². The molecule has 3 aromatic rings. The molecule has 0 bridgehead atoms. The standard InChI is InChI=1S/C24H27N7O5/c1-34-19-12-36-11-18(19)31-10-14(9-26-31)15-4-3-5-16(22(15)35-2)27-17-8-20(28-24(33)13-6-7-13)29-30-21(17)23(25)32/h3-5,8-10,13,18-19H,6-7,11-12H2,1-2H3,(H2,25,32)(H2,27,28,29,33)/i1D3. The van der Waals surface area contributed by atoms with Crippen molar-refractivity contribution >= 4 is 29.0 Å². The number of rotatable bonds is 9. The number of anilines is 3. The summed E-state index contributed by atoms with van der Waals surface area (Å²) in [5.41, 5.74) is 7.50. The van der Waals surface area contributed by atoms with Crippen LogP contribution in [0.15, 0.2) is 36.7 Å². The van der Waals surface area contributed by atoms with Gasteiger partial charge in [0.15, 0.2) is 11.5 Å². The first-order chi connectivity index (χ1) is 18.6. The fourth-order valence-electron chi connectivity index (χ4n) is 4.07. The highest BCUT2D eigenvalue weighted by atomic mass is 16.5. The van der Waals surface area contributed by atoms with Gasteiger partial charge >= 0.3 is 0 Å². The number of hydrogen-bond acceptors (Lipinski definition) is 9. The number of aromatic nitrogens is 4. The van der Waals surface area contributed by atoms with Gasteiger partial charge in [0.05, 0.1) is 42.0 Å². The van der Waals surface area contributed by atoms with Crippen LogP contribution in [-0.4, -0.2) is 65.3 Å². The van der Waals surface area contributed by atoms with E-state index in [9.17, 15) is 9.59 Å². The van der Waals surface area contributed by atoms with E-state index < -0.39 is 25.1 Å². The zero-order valence-electron chi connectivity index (χ0n) is 22.4. The minimum absolute atomic E-state index is 0.0391. The quantitative estimate of drug-likeness (QED) is 0.404. The van der Waals surface area contributed by atoms with E-state index in [4.69, 9.17) is 24.1 Å². The number of carbonyl (C=O) groups excluding carboxylic acids is 2. The molecule has 12 nitrogen and oxygen atoms in total. The molecular formula is C24H27N7O5. The van der Waals surface area contributed by atoms with Crippen LogP contribution in [0.4, 0.5) is 17.2 Å². The molecule has 2 aromatic heterocycles. The first-order valence-electron chi connectivity index (χ1n) is 12.9. The van der Waals surface area contributed by atoms with Crippen LogP contribution in [0.2, 0.25) is 0 Å². The Morgan fingerprint density at radius 1 is 1.25 bits per heavy atom. The van der Waals surface area contributed by atoms with Crippen molar-refractivity contribution in [2.75, 3.05) is 38.0 Å². The molecule has 1 saturated heterocycles. The number of carbonyl (C=O) groups is 2. The summed E-state index contributed by atoms with van der Waals surface area (Å²) < 4.78 is 40.2. The van der Waals surface area contributed by atoms with E-state index in [1.807, 2.05) is 6.07 Å². The van der Waals surface area contributed by atoms with Crippen LogP contribution in [0, 0.1) is 5.92 Å². The van der Waals surface area contributed by atoms with Crippen LogP contribution < -0.4 is 21.1 Å². The van der Waals surface area contributed by atoms with Crippen molar-refractivity contribution in [3.8, 4) is 16.9 Å². The zero-order chi connectivity index (χ0) is 27.7. The Labute approximate surface area is 211 Å². The largest absolute Gasteiger partial charge is 0.494 e.